The second-order valence-electron chi connectivity index (χ2n) is 10.7. The van der Waals surface area contributed by atoms with E-state index >= 15 is 0 Å². The Morgan fingerprint density at radius 1 is 0.951 bits per heavy atom. The summed E-state index contributed by atoms with van der Waals surface area (Å²) in [5.74, 6) is -0.679. The van der Waals surface area contributed by atoms with Crippen molar-refractivity contribution in [3.8, 4) is 16.9 Å². The number of phenolic OH excluding ortho intramolecular Hbond substituents is 1. The Morgan fingerprint density at radius 2 is 1.61 bits per heavy atom. The monoisotopic (exact) mass is 563 g/mol. The lowest BCUT2D eigenvalue weighted by Gasteiger charge is -2.15. The highest BCUT2D eigenvalue weighted by Crippen LogP contribution is 2.35. The largest absolute Gasteiger partial charge is 0.507 e. The van der Waals surface area contributed by atoms with Crippen molar-refractivity contribution in [1.82, 2.24) is 4.90 Å². The lowest BCUT2D eigenvalue weighted by molar-refractivity contribution is -0.137. The first-order valence-electron chi connectivity index (χ1n) is 13.9. The summed E-state index contributed by atoms with van der Waals surface area (Å²) in [6, 6.07) is 15.2. The van der Waals surface area contributed by atoms with E-state index in [-0.39, 0.29) is 40.2 Å². The van der Waals surface area contributed by atoms with Crippen molar-refractivity contribution in [2.75, 3.05) is 19.6 Å². The Labute approximate surface area is 236 Å². The SMILES string of the molecule is CC(=O)c1cc2c(Cc3ccc(CCCCN4CCCC4)cc3)c(-c3ccc(C(F)(F)F)cc3)c(=O)oc2cc1O. The molecule has 1 saturated heterocycles. The van der Waals surface area contributed by atoms with Crippen molar-refractivity contribution in [3.05, 3.63) is 98.9 Å². The molecule has 3 aromatic carbocycles. The van der Waals surface area contributed by atoms with Gasteiger partial charge >= 0.3 is 11.8 Å². The van der Waals surface area contributed by atoms with Gasteiger partial charge in [0.1, 0.15) is 11.3 Å². The summed E-state index contributed by atoms with van der Waals surface area (Å²) in [4.78, 5) is 27.9. The number of phenols is 1. The normalized spacial score (nSPS) is 14.1. The maximum absolute atomic E-state index is 13.2. The molecule has 4 aromatic rings. The van der Waals surface area contributed by atoms with E-state index in [1.807, 2.05) is 12.1 Å². The Balaban J connectivity index is 1.48. The number of alkyl halides is 3. The molecule has 0 saturated carbocycles. The number of likely N-dealkylation sites (tertiary alicyclic amines) is 1. The van der Waals surface area contributed by atoms with Crippen molar-refractivity contribution in [3.63, 3.8) is 0 Å². The zero-order chi connectivity index (χ0) is 29.1. The van der Waals surface area contributed by atoms with Crippen LogP contribution in [0.25, 0.3) is 22.1 Å². The lowest BCUT2D eigenvalue weighted by atomic mass is 9.91. The van der Waals surface area contributed by atoms with Crippen LogP contribution in [0.1, 0.15) is 65.2 Å². The van der Waals surface area contributed by atoms with Crippen LogP contribution in [-0.2, 0) is 19.0 Å². The van der Waals surface area contributed by atoms with Crippen molar-refractivity contribution >= 4 is 16.8 Å². The summed E-state index contributed by atoms with van der Waals surface area (Å²) in [5.41, 5.74) is 1.60. The number of hydrogen-bond donors (Lipinski definition) is 1. The minimum Gasteiger partial charge on any atom is -0.507 e. The number of fused-ring (bicyclic) bond motifs is 1. The molecule has 0 amide bonds. The average Bonchev–Trinajstić information content (AvgIpc) is 3.45. The molecule has 1 N–H and O–H groups in total. The highest BCUT2D eigenvalue weighted by molar-refractivity contribution is 6.02. The first-order chi connectivity index (χ1) is 19.6. The molecular weight excluding hydrogens is 531 g/mol. The van der Waals surface area contributed by atoms with Crippen LogP contribution < -0.4 is 5.63 Å². The molecule has 1 fully saturated rings. The zero-order valence-corrected chi connectivity index (χ0v) is 22.9. The fourth-order valence-electron chi connectivity index (χ4n) is 5.58. The van der Waals surface area contributed by atoms with Gasteiger partial charge in [-0.15, -0.1) is 0 Å². The number of carbonyl (C=O) groups is 1. The number of benzene rings is 3. The molecule has 1 aliphatic heterocycles. The van der Waals surface area contributed by atoms with Crippen molar-refractivity contribution < 1.29 is 27.5 Å². The van der Waals surface area contributed by atoms with E-state index in [0.29, 0.717) is 10.9 Å². The number of Topliss-reactive ketones (excluding diaryl/α,β-unsaturated/α-hetero) is 1. The fraction of sp³-hybridized carbons (Fsp3) is 0.333. The Kier molecular flexibility index (Phi) is 8.31. The predicted molar refractivity (Wildman–Crippen MR) is 152 cm³/mol. The number of unbranched alkanes of at least 4 members (excludes halogenated alkanes) is 1. The summed E-state index contributed by atoms with van der Waals surface area (Å²) in [5, 5.41) is 10.8. The molecule has 2 heterocycles. The molecule has 0 unspecified atom stereocenters. The van der Waals surface area contributed by atoms with Gasteiger partial charge in [0.2, 0.25) is 0 Å². The second kappa shape index (κ2) is 11.9. The smallest absolute Gasteiger partial charge is 0.416 e. The van der Waals surface area contributed by atoms with Gasteiger partial charge in [-0.05, 0) is 106 Å². The molecule has 41 heavy (non-hydrogen) atoms. The Morgan fingerprint density at radius 3 is 2.24 bits per heavy atom. The number of carbonyl (C=O) groups excluding carboxylic acids is 1. The Hall–Kier alpha value is -3.91. The van der Waals surface area contributed by atoms with E-state index in [1.54, 1.807) is 0 Å². The number of aromatic hydroxyl groups is 1. The van der Waals surface area contributed by atoms with Gasteiger partial charge in [-0.1, -0.05) is 36.4 Å². The van der Waals surface area contributed by atoms with Gasteiger partial charge in [-0.25, -0.2) is 4.79 Å². The molecule has 5 nitrogen and oxygen atoms in total. The van der Waals surface area contributed by atoms with Gasteiger partial charge in [0.15, 0.2) is 5.78 Å². The van der Waals surface area contributed by atoms with E-state index in [2.05, 4.69) is 17.0 Å². The molecular formula is C33H32F3NO4. The van der Waals surface area contributed by atoms with E-state index in [4.69, 9.17) is 4.42 Å². The molecule has 0 aliphatic carbocycles. The number of aryl methyl sites for hydroxylation is 1. The van der Waals surface area contributed by atoms with E-state index in [1.165, 1.54) is 62.7 Å². The molecule has 8 heteroatoms. The second-order valence-corrected chi connectivity index (χ2v) is 10.7. The van der Waals surface area contributed by atoms with Crippen LogP contribution in [0.5, 0.6) is 5.75 Å². The molecule has 0 bridgehead atoms. The number of halogens is 3. The summed E-state index contributed by atoms with van der Waals surface area (Å²) in [6.07, 6.45) is 1.54. The van der Waals surface area contributed by atoms with Crippen LogP contribution in [0.15, 0.2) is 69.9 Å². The van der Waals surface area contributed by atoms with Crippen LogP contribution >= 0.6 is 0 Å². The van der Waals surface area contributed by atoms with Crippen LogP contribution in [0.3, 0.4) is 0 Å². The summed E-state index contributed by atoms with van der Waals surface area (Å²) < 4.78 is 45.1. The number of hydrogen-bond acceptors (Lipinski definition) is 5. The third-order valence-electron chi connectivity index (χ3n) is 7.80. The first kappa shape index (κ1) is 28.6. The van der Waals surface area contributed by atoms with Gasteiger partial charge in [0, 0.05) is 11.5 Å². The number of ketones is 1. The predicted octanol–water partition coefficient (Wildman–Crippen LogP) is 7.40. The summed E-state index contributed by atoms with van der Waals surface area (Å²) in [7, 11) is 0. The maximum atomic E-state index is 13.2. The van der Waals surface area contributed by atoms with E-state index in [9.17, 15) is 27.9 Å². The minimum absolute atomic E-state index is 0.0650. The van der Waals surface area contributed by atoms with Crippen LogP contribution in [0, 0.1) is 0 Å². The van der Waals surface area contributed by atoms with Crippen LogP contribution in [-0.4, -0.2) is 35.4 Å². The highest BCUT2D eigenvalue weighted by Gasteiger charge is 2.30. The summed E-state index contributed by atoms with van der Waals surface area (Å²) in [6.45, 7) is 4.85. The molecule has 214 valence electrons. The minimum atomic E-state index is -4.51. The van der Waals surface area contributed by atoms with Gasteiger partial charge in [0.05, 0.1) is 16.7 Å². The third-order valence-corrected chi connectivity index (χ3v) is 7.80. The number of rotatable bonds is 9. The van der Waals surface area contributed by atoms with Crippen molar-refractivity contribution in [2.45, 2.75) is 51.6 Å². The first-order valence-corrected chi connectivity index (χ1v) is 13.9. The number of nitrogens with zero attached hydrogens (tertiary/aromatic N) is 1. The lowest BCUT2D eigenvalue weighted by Crippen LogP contribution is -2.20. The van der Waals surface area contributed by atoms with Crippen LogP contribution in [0.2, 0.25) is 0 Å². The molecule has 5 rings (SSSR count). The Bertz CT molecular complexity index is 1600. The van der Waals surface area contributed by atoms with Gasteiger partial charge in [-0.2, -0.15) is 13.2 Å². The molecule has 1 aliphatic rings. The summed E-state index contributed by atoms with van der Waals surface area (Å²) >= 11 is 0. The van der Waals surface area contributed by atoms with Crippen molar-refractivity contribution in [1.29, 1.82) is 0 Å². The van der Waals surface area contributed by atoms with Crippen LogP contribution in [0.4, 0.5) is 13.2 Å². The maximum Gasteiger partial charge on any atom is 0.416 e. The zero-order valence-electron chi connectivity index (χ0n) is 22.9. The van der Waals surface area contributed by atoms with Gasteiger partial charge in [0.25, 0.3) is 0 Å². The molecule has 0 atom stereocenters. The quantitative estimate of drug-likeness (QED) is 0.131. The van der Waals surface area contributed by atoms with Gasteiger partial charge < -0.3 is 14.4 Å². The van der Waals surface area contributed by atoms with Gasteiger partial charge in [-0.3, -0.25) is 4.79 Å². The average molecular weight is 564 g/mol. The fourth-order valence-corrected chi connectivity index (χ4v) is 5.58. The third kappa shape index (κ3) is 6.54. The highest BCUT2D eigenvalue weighted by atomic mass is 19.4. The van der Waals surface area contributed by atoms with E-state index < -0.39 is 17.4 Å². The standard InChI is InChI=1S/C33H32F3NO4/c1-21(38)26-19-27-28(18-23-9-7-22(8-10-23)6-2-3-15-37-16-4-5-17-37)31(32(40)41-30(27)20-29(26)39)24-11-13-25(14-12-24)33(34,35)36/h7-14,19-20,39H,2-6,15-18H2,1H3. The molecule has 0 radical (unpaired) electrons. The molecule has 0 spiro atoms. The topological polar surface area (TPSA) is 70.8 Å². The van der Waals surface area contributed by atoms with Crippen molar-refractivity contribution in [2.24, 2.45) is 0 Å². The molecule has 1 aromatic heterocycles. The van der Waals surface area contributed by atoms with E-state index in [0.717, 1.165) is 43.5 Å².